The van der Waals surface area contributed by atoms with Crippen molar-refractivity contribution in [3.8, 4) is 0 Å². The van der Waals surface area contributed by atoms with Gasteiger partial charge >= 0.3 is 18.2 Å². The summed E-state index contributed by atoms with van der Waals surface area (Å²) in [7, 11) is 2.88. The fraction of sp³-hybridized carbons (Fsp3) is 0.500. The van der Waals surface area contributed by atoms with E-state index in [0.717, 1.165) is 11.1 Å². The number of likely N-dealkylation sites (tertiary alicyclic amines) is 1. The van der Waals surface area contributed by atoms with E-state index in [0.29, 0.717) is 6.54 Å². The Bertz CT molecular complexity index is 801. The van der Waals surface area contributed by atoms with Crippen LogP contribution in [0.5, 0.6) is 0 Å². The van der Waals surface area contributed by atoms with E-state index >= 15 is 0 Å². The van der Waals surface area contributed by atoms with Crippen LogP contribution in [0.1, 0.15) is 38.3 Å². The molecule has 30 heavy (non-hydrogen) atoms. The number of carbonyl (C=O) groups is 3. The maximum atomic E-state index is 12.5. The Morgan fingerprint density at radius 3 is 2.60 bits per heavy atom. The van der Waals surface area contributed by atoms with Crippen molar-refractivity contribution in [3.05, 3.63) is 42.0 Å². The van der Waals surface area contributed by atoms with Crippen molar-refractivity contribution in [2.45, 2.75) is 51.5 Å². The van der Waals surface area contributed by atoms with Crippen LogP contribution in [-0.4, -0.2) is 66.4 Å². The molecular weight excluding hydrogens is 388 g/mol. The number of nitrogens with zero attached hydrogens (tertiary/aromatic N) is 2. The fourth-order valence-corrected chi connectivity index (χ4v) is 3.15. The number of ether oxygens (including phenoxy) is 3. The van der Waals surface area contributed by atoms with Crippen LogP contribution in [0, 0.1) is 0 Å². The predicted molar refractivity (Wildman–Crippen MR) is 112 cm³/mol. The third-order valence-corrected chi connectivity index (χ3v) is 4.55. The maximum absolute atomic E-state index is 12.5. The van der Waals surface area contributed by atoms with Crippen LogP contribution >= 0.6 is 0 Å². The van der Waals surface area contributed by atoms with Crippen LogP contribution in [0.4, 0.5) is 9.59 Å². The lowest BCUT2D eigenvalue weighted by Crippen LogP contribution is -2.44. The summed E-state index contributed by atoms with van der Waals surface area (Å²) in [5, 5.41) is 0. The van der Waals surface area contributed by atoms with E-state index in [-0.39, 0.29) is 13.0 Å². The van der Waals surface area contributed by atoms with Gasteiger partial charge in [0.1, 0.15) is 17.7 Å². The number of benzene rings is 1. The number of hydrogen-bond acceptors (Lipinski definition) is 6. The zero-order chi connectivity index (χ0) is 22.5. The number of rotatable bonds is 5. The zero-order valence-corrected chi connectivity index (χ0v) is 18.2. The van der Waals surface area contributed by atoms with Crippen molar-refractivity contribution in [2.75, 3.05) is 20.7 Å². The first-order valence-corrected chi connectivity index (χ1v) is 9.74. The van der Waals surface area contributed by atoms with Crippen molar-refractivity contribution in [3.63, 3.8) is 0 Å². The minimum absolute atomic E-state index is 0.0558. The number of carbonyl (C=O) groups excluding carboxylic acids is 3. The molecule has 2 atom stereocenters. The Labute approximate surface area is 177 Å². The molecule has 1 saturated heterocycles. The van der Waals surface area contributed by atoms with Gasteiger partial charge in [-0.2, -0.15) is 0 Å². The Balaban J connectivity index is 2.02. The molecule has 164 valence electrons. The molecule has 0 N–H and O–H groups in total. The molecule has 0 unspecified atom stereocenters. The van der Waals surface area contributed by atoms with Crippen LogP contribution in [0.3, 0.4) is 0 Å². The highest BCUT2D eigenvalue weighted by molar-refractivity contribution is 5.82. The van der Waals surface area contributed by atoms with Crippen molar-refractivity contribution in [1.82, 2.24) is 9.80 Å². The largest absolute Gasteiger partial charge is 0.467 e. The van der Waals surface area contributed by atoms with Gasteiger partial charge in [0, 0.05) is 20.0 Å². The lowest BCUT2D eigenvalue weighted by molar-refractivity contribution is -0.145. The van der Waals surface area contributed by atoms with Gasteiger partial charge in [-0.25, -0.2) is 14.4 Å². The predicted octanol–water partition coefficient (Wildman–Crippen LogP) is 3.45. The highest BCUT2D eigenvalue weighted by Gasteiger charge is 2.44. The lowest BCUT2D eigenvalue weighted by Gasteiger charge is -2.27. The number of hydrogen-bond donors (Lipinski definition) is 0. The standard InChI is InChI=1S/C22H30N2O6/c1-7-15-9-8-10-16(11-15)13-23(5)20(26)29-17-12-18(19(25)28-6)24(14-17)21(27)30-22(2,3)4/h7-11,17-18H,1,12-14H2,2-6H3/t17-,18+/m1/s1. The van der Waals surface area contributed by atoms with Crippen LogP contribution < -0.4 is 0 Å². The SMILES string of the molecule is C=Cc1cccc(CN(C)C(=O)O[C@@H]2C[C@@H](C(=O)OC)N(C(=O)OC(C)(C)C)C2)c1. The van der Waals surface area contributed by atoms with Gasteiger partial charge in [-0.3, -0.25) is 4.90 Å². The van der Waals surface area contributed by atoms with E-state index in [9.17, 15) is 14.4 Å². The van der Waals surface area contributed by atoms with Crippen molar-refractivity contribution >= 4 is 24.2 Å². The summed E-state index contributed by atoms with van der Waals surface area (Å²) in [6, 6.07) is 6.79. The summed E-state index contributed by atoms with van der Waals surface area (Å²) in [6.07, 6.45) is 0.0523. The molecule has 1 heterocycles. The first-order valence-electron chi connectivity index (χ1n) is 9.74. The smallest absolute Gasteiger partial charge is 0.411 e. The van der Waals surface area contributed by atoms with Gasteiger partial charge < -0.3 is 19.1 Å². The highest BCUT2D eigenvalue weighted by atomic mass is 16.6. The normalized spacial score (nSPS) is 18.5. The maximum Gasteiger partial charge on any atom is 0.411 e. The van der Waals surface area contributed by atoms with Gasteiger partial charge in [0.05, 0.1) is 13.7 Å². The van der Waals surface area contributed by atoms with Gasteiger partial charge in [-0.1, -0.05) is 30.9 Å². The quantitative estimate of drug-likeness (QED) is 0.538. The third kappa shape index (κ3) is 6.23. The van der Waals surface area contributed by atoms with Crippen LogP contribution in [0.2, 0.25) is 0 Å². The molecule has 1 aromatic carbocycles. The topological polar surface area (TPSA) is 85.4 Å². The van der Waals surface area contributed by atoms with Gasteiger partial charge in [-0.15, -0.1) is 0 Å². The fourth-order valence-electron chi connectivity index (χ4n) is 3.15. The second kappa shape index (κ2) is 9.65. The van der Waals surface area contributed by atoms with Gasteiger partial charge in [0.2, 0.25) is 0 Å². The summed E-state index contributed by atoms with van der Waals surface area (Å²) in [5.41, 5.74) is 1.17. The molecule has 1 aliphatic heterocycles. The monoisotopic (exact) mass is 418 g/mol. The minimum Gasteiger partial charge on any atom is -0.467 e. The van der Waals surface area contributed by atoms with E-state index in [1.165, 1.54) is 16.9 Å². The van der Waals surface area contributed by atoms with Crippen LogP contribution in [0.15, 0.2) is 30.8 Å². The number of amides is 2. The molecule has 1 aromatic rings. The molecule has 0 bridgehead atoms. The molecule has 0 aliphatic carbocycles. The number of methoxy groups -OCH3 is 1. The molecule has 2 rings (SSSR count). The summed E-state index contributed by atoms with van der Waals surface area (Å²) in [5.74, 6) is -0.575. The van der Waals surface area contributed by atoms with Gasteiger partial charge in [0.15, 0.2) is 0 Å². The van der Waals surface area contributed by atoms with Crippen molar-refractivity contribution < 1.29 is 28.6 Å². The molecule has 0 radical (unpaired) electrons. The van der Waals surface area contributed by atoms with E-state index in [4.69, 9.17) is 14.2 Å². The average Bonchev–Trinajstić information content (AvgIpc) is 3.10. The van der Waals surface area contributed by atoms with E-state index in [2.05, 4.69) is 6.58 Å². The van der Waals surface area contributed by atoms with Crippen LogP contribution in [-0.2, 0) is 25.5 Å². The highest BCUT2D eigenvalue weighted by Crippen LogP contribution is 2.25. The summed E-state index contributed by atoms with van der Waals surface area (Å²) in [6.45, 7) is 9.36. The molecule has 0 spiro atoms. The Morgan fingerprint density at radius 2 is 2.00 bits per heavy atom. The van der Waals surface area contributed by atoms with Crippen molar-refractivity contribution in [2.24, 2.45) is 0 Å². The first-order chi connectivity index (χ1) is 14.0. The molecule has 1 aliphatic rings. The molecule has 2 amide bonds. The number of esters is 1. The van der Waals surface area contributed by atoms with Crippen molar-refractivity contribution in [1.29, 1.82) is 0 Å². The first kappa shape index (κ1) is 23.3. The molecule has 0 saturated carbocycles. The Morgan fingerprint density at radius 1 is 1.30 bits per heavy atom. The molecular formula is C22H30N2O6. The summed E-state index contributed by atoms with van der Waals surface area (Å²) < 4.78 is 15.7. The Kier molecular flexibility index (Phi) is 7.48. The zero-order valence-electron chi connectivity index (χ0n) is 18.2. The second-order valence-electron chi connectivity index (χ2n) is 8.22. The summed E-state index contributed by atoms with van der Waals surface area (Å²) >= 11 is 0. The third-order valence-electron chi connectivity index (χ3n) is 4.55. The van der Waals surface area contributed by atoms with E-state index < -0.39 is 35.9 Å². The molecule has 1 fully saturated rings. The summed E-state index contributed by atoms with van der Waals surface area (Å²) in [4.78, 5) is 39.9. The molecule has 8 nitrogen and oxygen atoms in total. The van der Waals surface area contributed by atoms with Gasteiger partial charge in [0.25, 0.3) is 0 Å². The Hall–Kier alpha value is -3.03. The van der Waals surface area contributed by atoms with Gasteiger partial charge in [-0.05, 0) is 38.0 Å². The minimum atomic E-state index is -0.864. The molecule has 8 heteroatoms. The van der Waals surface area contributed by atoms with Crippen LogP contribution in [0.25, 0.3) is 6.08 Å². The molecule has 0 aromatic heterocycles. The van der Waals surface area contributed by atoms with E-state index in [1.54, 1.807) is 33.9 Å². The van der Waals surface area contributed by atoms with E-state index in [1.807, 2.05) is 24.3 Å². The average molecular weight is 418 g/mol. The lowest BCUT2D eigenvalue weighted by atomic mass is 10.1. The second-order valence-corrected chi connectivity index (χ2v) is 8.22.